The molecular weight excluding hydrogens is 200 g/mol. The van der Waals surface area contributed by atoms with Gasteiger partial charge in [0.15, 0.2) is 0 Å². The maximum atomic E-state index is 10.4. The van der Waals surface area contributed by atoms with Crippen LogP contribution in [0.15, 0.2) is 24.3 Å². The molecule has 1 N–H and O–H groups in total. The molecule has 1 aliphatic rings. The zero-order chi connectivity index (χ0) is 10.8. The van der Waals surface area contributed by atoms with Gasteiger partial charge in [-0.2, -0.15) is 4.94 Å². The number of nitro benzene ring substituents is 1. The Morgan fingerprint density at radius 2 is 2.13 bits per heavy atom. The third kappa shape index (κ3) is 2.10. The van der Waals surface area contributed by atoms with Crippen LogP contribution in [0.25, 0.3) is 0 Å². The number of nitrogens with one attached hydrogen (secondary N) is 1. The third-order valence-corrected chi connectivity index (χ3v) is 2.10. The van der Waals surface area contributed by atoms with E-state index in [1.165, 1.54) is 17.3 Å². The van der Waals surface area contributed by atoms with E-state index in [4.69, 9.17) is 4.94 Å². The Morgan fingerprint density at radius 1 is 1.47 bits per heavy atom. The fourth-order valence-electron chi connectivity index (χ4n) is 1.21. The number of nitrogens with zero attached hydrogens (tertiary/aromatic N) is 3. The highest BCUT2D eigenvalue weighted by molar-refractivity contribution is 5.32. The molecule has 7 nitrogen and oxygen atoms in total. The molecule has 2 rings (SSSR count). The predicted octanol–water partition coefficient (Wildman–Crippen LogP) is 0.608. The number of non-ortho nitro benzene ring substituents is 1. The molecule has 0 aromatic heterocycles. The van der Waals surface area contributed by atoms with Crippen molar-refractivity contribution in [1.29, 1.82) is 0 Å². The molecule has 0 bridgehead atoms. The average Bonchev–Trinajstić information content (AvgIpc) is 2.24. The Bertz CT molecular complexity index is 367. The molecule has 0 atom stereocenters. The van der Waals surface area contributed by atoms with Crippen molar-refractivity contribution in [1.82, 2.24) is 15.9 Å². The van der Waals surface area contributed by atoms with Crippen molar-refractivity contribution in [3.63, 3.8) is 0 Å². The Balaban J connectivity index is 2.01. The topological polar surface area (TPSA) is 70.9 Å². The Kier molecular flexibility index (Phi) is 2.60. The zero-order valence-corrected chi connectivity index (χ0v) is 8.08. The van der Waals surface area contributed by atoms with Gasteiger partial charge in [-0.1, -0.05) is 22.9 Å². The second-order valence-electron chi connectivity index (χ2n) is 3.13. The number of hydroxylamine groups is 1. The van der Waals surface area contributed by atoms with E-state index in [9.17, 15) is 10.1 Å². The minimum absolute atomic E-state index is 0.0972. The monoisotopic (exact) mass is 210 g/mol. The quantitative estimate of drug-likeness (QED) is 0.582. The van der Waals surface area contributed by atoms with Gasteiger partial charge in [0, 0.05) is 19.2 Å². The highest BCUT2D eigenvalue weighted by atomic mass is 17.0. The molecule has 1 aromatic carbocycles. The van der Waals surface area contributed by atoms with Crippen LogP contribution in [-0.4, -0.2) is 22.3 Å². The minimum atomic E-state index is -0.416. The van der Waals surface area contributed by atoms with E-state index in [-0.39, 0.29) is 5.69 Å². The summed E-state index contributed by atoms with van der Waals surface area (Å²) in [5.74, 6) is 0. The van der Waals surface area contributed by atoms with Gasteiger partial charge >= 0.3 is 0 Å². The number of benzene rings is 1. The van der Waals surface area contributed by atoms with Crippen LogP contribution in [0, 0.1) is 10.1 Å². The van der Waals surface area contributed by atoms with Crippen LogP contribution in [-0.2, 0) is 11.5 Å². The molecule has 7 heteroatoms. The zero-order valence-electron chi connectivity index (χ0n) is 8.08. The van der Waals surface area contributed by atoms with Crippen LogP contribution >= 0.6 is 0 Å². The summed E-state index contributed by atoms with van der Waals surface area (Å²) in [7, 11) is 1.75. The number of rotatable bonds is 3. The summed E-state index contributed by atoms with van der Waals surface area (Å²) >= 11 is 0. The van der Waals surface area contributed by atoms with Gasteiger partial charge in [0.25, 0.3) is 5.69 Å². The van der Waals surface area contributed by atoms with Crippen molar-refractivity contribution < 1.29 is 9.86 Å². The smallest absolute Gasteiger partial charge is 0.258 e. The van der Waals surface area contributed by atoms with Gasteiger partial charge in [0.05, 0.1) is 11.5 Å². The lowest BCUT2D eigenvalue weighted by molar-refractivity contribution is -0.486. The largest absolute Gasteiger partial charge is 0.269 e. The first-order chi connectivity index (χ1) is 7.16. The summed E-state index contributed by atoms with van der Waals surface area (Å²) in [5.41, 5.74) is 3.66. The van der Waals surface area contributed by atoms with Crippen LogP contribution < -0.4 is 5.59 Å². The van der Waals surface area contributed by atoms with Crippen LogP contribution in [0.5, 0.6) is 0 Å². The number of nitro groups is 1. The van der Waals surface area contributed by atoms with E-state index in [2.05, 4.69) is 5.59 Å². The second kappa shape index (κ2) is 3.91. The maximum absolute atomic E-state index is 10.4. The molecule has 0 radical (unpaired) electrons. The summed E-state index contributed by atoms with van der Waals surface area (Å²) in [6, 6.07) is 6.39. The van der Waals surface area contributed by atoms with Crippen molar-refractivity contribution >= 4 is 5.69 Å². The van der Waals surface area contributed by atoms with Crippen LogP contribution in [0.3, 0.4) is 0 Å². The van der Waals surface area contributed by atoms with E-state index in [1.807, 2.05) is 0 Å². The minimum Gasteiger partial charge on any atom is -0.258 e. The fourth-order valence-corrected chi connectivity index (χ4v) is 1.21. The fraction of sp³-hybridized carbons (Fsp3) is 0.250. The molecule has 1 aromatic rings. The lowest BCUT2D eigenvalue weighted by Gasteiger charge is -2.38. The molecule has 15 heavy (non-hydrogen) atoms. The molecule has 1 saturated heterocycles. The third-order valence-electron chi connectivity index (χ3n) is 2.10. The molecule has 0 spiro atoms. The normalized spacial score (nSPS) is 17.4. The number of hydrogen-bond donors (Lipinski definition) is 1. The van der Waals surface area contributed by atoms with Gasteiger partial charge in [0.1, 0.15) is 0 Å². The van der Waals surface area contributed by atoms with Gasteiger partial charge in [-0.3, -0.25) is 10.1 Å². The van der Waals surface area contributed by atoms with E-state index < -0.39 is 4.92 Å². The highest BCUT2D eigenvalue weighted by Crippen LogP contribution is 2.14. The van der Waals surface area contributed by atoms with Crippen molar-refractivity contribution in [3.05, 3.63) is 39.9 Å². The van der Waals surface area contributed by atoms with Gasteiger partial charge in [-0.05, 0) is 5.56 Å². The molecule has 0 unspecified atom stereocenters. The van der Waals surface area contributed by atoms with E-state index in [0.717, 1.165) is 5.56 Å². The lowest BCUT2D eigenvalue weighted by atomic mass is 10.2. The first-order valence-electron chi connectivity index (χ1n) is 4.34. The van der Waals surface area contributed by atoms with E-state index >= 15 is 0 Å². The molecule has 0 amide bonds. The highest BCUT2D eigenvalue weighted by Gasteiger charge is 2.22. The SMILES string of the molecule is CN1ONN1Cc1ccc([N+](=O)[O-])cc1. The van der Waals surface area contributed by atoms with Gasteiger partial charge in [0.2, 0.25) is 0 Å². The van der Waals surface area contributed by atoms with Crippen LogP contribution in [0.1, 0.15) is 5.56 Å². The summed E-state index contributed by atoms with van der Waals surface area (Å²) in [6.07, 6.45) is 0. The summed E-state index contributed by atoms with van der Waals surface area (Å²) in [5, 5.41) is 13.7. The first-order valence-corrected chi connectivity index (χ1v) is 4.34. The van der Waals surface area contributed by atoms with Crippen molar-refractivity contribution in [2.75, 3.05) is 7.05 Å². The van der Waals surface area contributed by atoms with Crippen molar-refractivity contribution in [3.8, 4) is 0 Å². The molecule has 1 fully saturated rings. The molecule has 1 aliphatic heterocycles. The van der Waals surface area contributed by atoms with Gasteiger partial charge in [-0.25, -0.2) is 0 Å². The van der Waals surface area contributed by atoms with Crippen molar-refractivity contribution in [2.45, 2.75) is 6.54 Å². The van der Waals surface area contributed by atoms with E-state index in [1.54, 1.807) is 24.3 Å². The lowest BCUT2D eigenvalue weighted by Crippen LogP contribution is -2.61. The summed E-state index contributed by atoms with van der Waals surface area (Å²) in [4.78, 5) is 14.8. The van der Waals surface area contributed by atoms with Crippen molar-refractivity contribution in [2.24, 2.45) is 0 Å². The second-order valence-corrected chi connectivity index (χ2v) is 3.13. The Hall–Kier alpha value is -1.54. The maximum Gasteiger partial charge on any atom is 0.269 e. The average molecular weight is 210 g/mol. The summed E-state index contributed by atoms with van der Waals surface area (Å²) < 4.78 is 0. The molecule has 80 valence electrons. The molecular formula is C8H10N4O3. The number of hydrazine groups is 2. The molecule has 0 aliphatic carbocycles. The molecule has 1 heterocycles. The van der Waals surface area contributed by atoms with Crippen LogP contribution in [0.2, 0.25) is 0 Å². The number of hydrogen-bond acceptors (Lipinski definition) is 6. The Morgan fingerprint density at radius 3 is 2.53 bits per heavy atom. The summed E-state index contributed by atoms with van der Waals surface area (Å²) in [6.45, 7) is 0.592. The van der Waals surface area contributed by atoms with Crippen LogP contribution in [0.4, 0.5) is 5.69 Å². The van der Waals surface area contributed by atoms with Gasteiger partial charge in [-0.15, -0.1) is 5.12 Å². The van der Waals surface area contributed by atoms with Gasteiger partial charge < -0.3 is 0 Å². The standard InChI is InChI=1S/C8H10N4O3/c1-10-11(9-15-10)6-7-2-4-8(5-3-7)12(13)14/h2-5,9H,6H2,1H3. The first kappa shape index (κ1) is 9.99. The predicted molar refractivity (Wildman–Crippen MR) is 50.6 cm³/mol. The van der Waals surface area contributed by atoms with E-state index in [0.29, 0.717) is 6.54 Å². The Labute approximate surface area is 85.8 Å². The molecule has 0 saturated carbocycles.